The molecular formula is C6H11KO3. The first kappa shape index (κ1) is 13.6. The van der Waals surface area contributed by atoms with Gasteiger partial charge in [-0.25, -0.2) is 0 Å². The molecule has 0 saturated carbocycles. The Labute approximate surface area is 103 Å². The summed E-state index contributed by atoms with van der Waals surface area (Å²) in [5.74, 6) is -1.22. The first-order chi connectivity index (χ1) is 4.20. The van der Waals surface area contributed by atoms with Crippen molar-refractivity contribution in [2.75, 3.05) is 6.61 Å². The average molecular weight is 170 g/mol. The van der Waals surface area contributed by atoms with Gasteiger partial charge in [0.1, 0.15) is 0 Å². The quantitative estimate of drug-likeness (QED) is 0.439. The molecule has 10 heavy (non-hydrogen) atoms. The zero-order valence-corrected chi connectivity index (χ0v) is 9.59. The smallest absolute Gasteiger partial charge is 0.550 e. The van der Waals surface area contributed by atoms with Gasteiger partial charge in [-0.3, -0.25) is 0 Å². The van der Waals surface area contributed by atoms with Gasteiger partial charge in [0, 0.05) is 12.6 Å². The van der Waals surface area contributed by atoms with E-state index in [-0.39, 0.29) is 70.3 Å². The van der Waals surface area contributed by atoms with Crippen LogP contribution in [-0.4, -0.2) is 17.7 Å². The average Bonchev–Trinajstić information content (AvgIpc) is 1.82. The van der Waals surface area contributed by atoms with E-state index in [1.165, 1.54) is 0 Å². The van der Waals surface area contributed by atoms with Gasteiger partial charge in [-0.05, 0) is 12.3 Å². The minimum atomic E-state index is -1.09. The van der Waals surface area contributed by atoms with Crippen LogP contribution in [0.2, 0.25) is 0 Å². The summed E-state index contributed by atoms with van der Waals surface area (Å²) in [6.45, 7) is 1.77. The summed E-state index contributed by atoms with van der Waals surface area (Å²) in [7, 11) is 0. The van der Waals surface area contributed by atoms with Gasteiger partial charge >= 0.3 is 51.4 Å². The Morgan fingerprint density at radius 1 is 1.70 bits per heavy atom. The Balaban J connectivity index is 0. The number of carbonyl (C=O) groups is 1. The summed E-state index contributed by atoms with van der Waals surface area (Å²) in [5.41, 5.74) is 0. The Kier molecular flexibility index (Phi) is 11.1. The SMILES string of the molecule is CCC(CO)CC(=O)[O-].[K+]. The fraction of sp³-hybridized carbons (Fsp3) is 0.833. The first-order valence-corrected chi connectivity index (χ1v) is 3.01. The molecule has 0 amide bonds. The number of rotatable bonds is 4. The number of aliphatic carboxylic acids is 1. The van der Waals surface area contributed by atoms with Gasteiger partial charge in [0.25, 0.3) is 0 Å². The van der Waals surface area contributed by atoms with Crippen molar-refractivity contribution >= 4 is 5.97 Å². The van der Waals surface area contributed by atoms with Crippen LogP contribution in [0.15, 0.2) is 0 Å². The third-order valence-electron chi connectivity index (χ3n) is 1.29. The molecule has 0 aliphatic rings. The van der Waals surface area contributed by atoms with Crippen LogP contribution in [0.25, 0.3) is 0 Å². The number of hydrogen-bond acceptors (Lipinski definition) is 3. The van der Waals surface area contributed by atoms with E-state index in [4.69, 9.17) is 5.11 Å². The van der Waals surface area contributed by atoms with Gasteiger partial charge < -0.3 is 15.0 Å². The molecule has 0 aliphatic heterocycles. The second kappa shape index (κ2) is 8.17. The molecule has 0 aromatic heterocycles. The van der Waals surface area contributed by atoms with Gasteiger partial charge in [0.15, 0.2) is 0 Å². The molecular weight excluding hydrogens is 159 g/mol. The van der Waals surface area contributed by atoms with Crippen LogP contribution in [0.3, 0.4) is 0 Å². The topological polar surface area (TPSA) is 60.4 Å². The van der Waals surface area contributed by atoms with Crippen LogP contribution in [0.4, 0.5) is 0 Å². The molecule has 3 nitrogen and oxygen atoms in total. The third kappa shape index (κ3) is 7.18. The Bertz CT molecular complexity index is 91.0. The maximum absolute atomic E-state index is 9.91. The molecule has 0 radical (unpaired) electrons. The van der Waals surface area contributed by atoms with E-state index in [2.05, 4.69) is 0 Å². The molecule has 1 unspecified atom stereocenters. The summed E-state index contributed by atoms with van der Waals surface area (Å²) >= 11 is 0. The summed E-state index contributed by atoms with van der Waals surface area (Å²) in [6, 6.07) is 0. The minimum absolute atomic E-state index is 0. The van der Waals surface area contributed by atoms with E-state index in [1.54, 1.807) is 0 Å². The summed E-state index contributed by atoms with van der Waals surface area (Å²) in [4.78, 5) is 9.91. The monoisotopic (exact) mass is 170 g/mol. The molecule has 1 atom stereocenters. The van der Waals surface area contributed by atoms with Crippen molar-refractivity contribution in [3.05, 3.63) is 0 Å². The van der Waals surface area contributed by atoms with E-state index >= 15 is 0 Å². The van der Waals surface area contributed by atoms with Crippen LogP contribution >= 0.6 is 0 Å². The van der Waals surface area contributed by atoms with Crippen molar-refractivity contribution in [2.45, 2.75) is 19.8 Å². The Morgan fingerprint density at radius 2 is 2.20 bits per heavy atom. The van der Waals surface area contributed by atoms with Gasteiger partial charge in [0.2, 0.25) is 0 Å². The predicted octanol–water partition coefficient (Wildman–Crippen LogP) is -3.85. The predicted molar refractivity (Wildman–Crippen MR) is 30.5 cm³/mol. The van der Waals surface area contributed by atoms with Gasteiger partial charge in [-0.2, -0.15) is 0 Å². The van der Waals surface area contributed by atoms with E-state index in [0.717, 1.165) is 0 Å². The van der Waals surface area contributed by atoms with Crippen LogP contribution in [-0.2, 0) is 4.79 Å². The molecule has 0 spiro atoms. The van der Waals surface area contributed by atoms with Gasteiger partial charge in [-0.15, -0.1) is 0 Å². The molecule has 1 N–H and O–H groups in total. The second-order valence-electron chi connectivity index (χ2n) is 2.03. The summed E-state index contributed by atoms with van der Waals surface area (Å²) in [5, 5.41) is 18.4. The fourth-order valence-electron chi connectivity index (χ4n) is 0.574. The summed E-state index contributed by atoms with van der Waals surface area (Å²) < 4.78 is 0. The fourth-order valence-corrected chi connectivity index (χ4v) is 0.574. The molecule has 0 heterocycles. The van der Waals surface area contributed by atoms with E-state index < -0.39 is 5.97 Å². The van der Waals surface area contributed by atoms with Crippen molar-refractivity contribution in [2.24, 2.45) is 5.92 Å². The zero-order chi connectivity index (χ0) is 7.28. The van der Waals surface area contributed by atoms with E-state index in [1.807, 2.05) is 6.92 Å². The van der Waals surface area contributed by atoms with E-state index in [9.17, 15) is 9.90 Å². The molecule has 0 aromatic carbocycles. The Hall–Kier alpha value is 1.07. The van der Waals surface area contributed by atoms with Crippen LogP contribution in [0.5, 0.6) is 0 Å². The maximum Gasteiger partial charge on any atom is 1.00 e. The molecule has 0 aliphatic carbocycles. The maximum atomic E-state index is 9.91. The van der Waals surface area contributed by atoms with Crippen LogP contribution in [0, 0.1) is 5.92 Å². The number of carbonyl (C=O) groups excluding carboxylic acids is 1. The second-order valence-corrected chi connectivity index (χ2v) is 2.03. The number of aliphatic hydroxyl groups excluding tert-OH is 1. The van der Waals surface area contributed by atoms with Gasteiger partial charge in [0.05, 0.1) is 0 Å². The van der Waals surface area contributed by atoms with E-state index in [0.29, 0.717) is 6.42 Å². The molecule has 0 rings (SSSR count). The van der Waals surface area contributed by atoms with Crippen molar-refractivity contribution in [1.82, 2.24) is 0 Å². The van der Waals surface area contributed by atoms with Crippen molar-refractivity contribution < 1.29 is 66.4 Å². The molecule has 0 bridgehead atoms. The zero-order valence-electron chi connectivity index (χ0n) is 6.46. The number of carboxylic acid groups (broad SMARTS) is 1. The van der Waals surface area contributed by atoms with Crippen molar-refractivity contribution in [1.29, 1.82) is 0 Å². The largest absolute Gasteiger partial charge is 1.00 e. The molecule has 0 aromatic rings. The molecule has 54 valence electrons. The van der Waals surface area contributed by atoms with Crippen LogP contribution in [0.1, 0.15) is 19.8 Å². The normalized spacial score (nSPS) is 11.8. The van der Waals surface area contributed by atoms with Crippen molar-refractivity contribution in [3.63, 3.8) is 0 Å². The summed E-state index contributed by atoms with van der Waals surface area (Å²) in [6.07, 6.45) is 0.650. The molecule has 0 saturated heterocycles. The number of aliphatic hydroxyl groups is 1. The minimum Gasteiger partial charge on any atom is -0.550 e. The first-order valence-electron chi connectivity index (χ1n) is 3.01. The number of hydrogen-bond donors (Lipinski definition) is 1. The van der Waals surface area contributed by atoms with Crippen molar-refractivity contribution in [3.8, 4) is 0 Å². The van der Waals surface area contributed by atoms with Crippen LogP contribution < -0.4 is 56.5 Å². The van der Waals surface area contributed by atoms with Gasteiger partial charge in [-0.1, -0.05) is 13.3 Å². The number of carboxylic acids is 1. The standard InChI is InChI=1S/C6H12O3.K/c1-2-5(4-7)3-6(8)9;/h5,7H,2-4H2,1H3,(H,8,9);/q;+1/p-1. The Morgan fingerprint density at radius 3 is 2.30 bits per heavy atom. The molecule has 4 heteroatoms. The molecule has 0 fully saturated rings. The third-order valence-corrected chi connectivity index (χ3v) is 1.29.